The van der Waals surface area contributed by atoms with Crippen LogP contribution in [0.2, 0.25) is 0 Å². The van der Waals surface area contributed by atoms with Gasteiger partial charge in [-0.25, -0.2) is 9.97 Å². The molecule has 0 fully saturated rings. The zero-order valence-electron chi connectivity index (χ0n) is 13.4. The van der Waals surface area contributed by atoms with Crippen LogP contribution in [-0.4, -0.2) is 17.1 Å². The van der Waals surface area contributed by atoms with Crippen molar-refractivity contribution < 1.29 is 9.47 Å². The fraction of sp³-hybridized carbons (Fsp3) is 0.176. The summed E-state index contributed by atoms with van der Waals surface area (Å²) in [4.78, 5) is 8.72. The quantitative estimate of drug-likeness (QED) is 0.693. The van der Waals surface area contributed by atoms with Crippen molar-refractivity contribution in [3.63, 3.8) is 0 Å². The highest BCUT2D eigenvalue weighted by atomic mass is 35.5. The lowest BCUT2D eigenvalue weighted by atomic mass is 10.2. The fourth-order valence-corrected chi connectivity index (χ4v) is 2.72. The van der Waals surface area contributed by atoms with Crippen molar-refractivity contribution in [2.75, 3.05) is 12.4 Å². The van der Waals surface area contributed by atoms with E-state index in [-0.39, 0.29) is 12.4 Å². The normalized spacial score (nSPS) is 9.92. The van der Waals surface area contributed by atoms with Gasteiger partial charge in [0.2, 0.25) is 0 Å². The van der Waals surface area contributed by atoms with Crippen LogP contribution in [0.5, 0.6) is 11.5 Å². The lowest BCUT2D eigenvalue weighted by Gasteiger charge is -2.11. The van der Waals surface area contributed by atoms with Crippen molar-refractivity contribution >= 4 is 34.7 Å². The van der Waals surface area contributed by atoms with Crippen LogP contribution < -0.4 is 14.8 Å². The van der Waals surface area contributed by atoms with Crippen LogP contribution in [0, 0.1) is 6.92 Å². The first-order chi connectivity index (χ1) is 11.2. The second-order valence-corrected chi connectivity index (χ2v) is 5.77. The number of halogens is 1. The maximum absolute atomic E-state index is 5.90. The fourth-order valence-electron chi connectivity index (χ4n) is 2.04. The summed E-state index contributed by atoms with van der Waals surface area (Å²) in [7, 11) is 1.65. The molecule has 1 N–H and O–H groups in total. The van der Waals surface area contributed by atoms with E-state index < -0.39 is 0 Å². The van der Waals surface area contributed by atoms with Gasteiger partial charge in [-0.15, -0.1) is 23.7 Å². The molecule has 7 heteroatoms. The number of methoxy groups -OCH3 is 1. The summed E-state index contributed by atoms with van der Waals surface area (Å²) >= 11 is 1.54. The Morgan fingerprint density at radius 1 is 1.21 bits per heavy atom. The number of hydrogen-bond acceptors (Lipinski definition) is 6. The van der Waals surface area contributed by atoms with E-state index in [9.17, 15) is 0 Å². The second kappa shape index (κ2) is 8.52. The zero-order chi connectivity index (χ0) is 16.1. The third-order valence-corrected chi connectivity index (χ3v) is 4.02. The van der Waals surface area contributed by atoms with E-state index >= 15 is 0 Å². The number of benzene rings is 1. The highest BCUT2D eigenvalue weighted by Gasteiger charge is 2.08. The number of aryl methyl sites for hydroxylation is 1. The minimum atomic E-state index is 0. The van der Waals surface area contributed by atoms with Crippen molar-refractivity contribution in [2.24, 2.45) is 0 Å². The van der Waals surface area contributed by atoms with Crippen LogP contribution in [0.1, 0.15) is 11.3 Å². The molecule has 0 spiro atoms. The number of thiazole rings is 1. The highest BCUT2D eigenvalue weighted by Crippen LogP contribution is 2.27. The molecule has 3 rings (SSSR count). The lowest BCUT2D eigenvalue weighted by Crippen LogP contribution is -2.01. The Bertz CT molecular complexity index is 795. The van der Waals surface area contributed by atoms with Gasteiger partial charge in [0.1, 0.15) is 12.4 Å². The van der Waals surface area contributed by atoms with E-state index in [1.165, 1.54) is 11.3 Å². The van der Waals surface area contributed by atoms with Gasteiger partial charge >= 0.3 is 0 Å². The molecular formula is C17H18ClN3O2S. The van der Waals surface area contributed by atoms with Crippen LogP contribution in [0.3, 0.4) is 0 Å². The molecule has 0 atom stereocenters. The van der Waals surface area contributed by atoms with Gasteiger partial charge in [-0.3, -0.25) is 0 Å². The monoisotopic (exact) mass is 363 g/mol. The van der Waals surface area contributed by atoms with E-state index in [0.29, 0.717) is 18.2 Å². The predicted octanol–water partition coefficient (Wildman–Crippen LogP) is 4.60. The highest BCUT2D eigenvalue weighted by molar-refractivity contribution is 7.13. The van der Waals surface area contributed by atoms with E-state index in [1.807, 2.05) is 48.7 Å². The number of nitrogens with one attached hydrogen (secondary N) is 1. The SMILES string of the molecule is COc1cccc(COc2cccnc2Nc2nc(C)cs2)c1.Cl. The topological polar surface area (TPSA) is 56.3 Å². The summed E-state index contributed by atoms with van der Waals surface area (Å²) in [6, 6.07) is 11.5. The second-order valence-electron chi connectivity index (χ2n) is 4.91. The molecule has 126 valence electrons. The first-order valence-electron chi connectivity index (χ1n) is 7.14. The number of anilines is 2. The number of hydrogen-bond donors (Lipinski definition) is 1. The largest absolute Gasteiger partial charge is 0.497 e. The summed E-state index contributed by atoms with van der Waals surface area (Å²) in [5, 5.41) is 5.99. The molecule has 24 heavy (non-hydrogen) atoms. The Morgan fingerprint density at radius 2 is 2.08 bits per heavy atom. The third kappa shape index (κ3) is 4.59. The molecule has 2 aromatic heterocycles. The van der Waals surface area contributed by atoms with Gasteiger partial charge in [-0.05, 0) is 36.8 Å². The molecule has 0 amide bonds. The van der Waals surface area contributed by atoms with Crippen LogP contribution >= 0.6 is 23.7 Å². The molecule has 5 nitrogen and oxygen atoms in total. The van der Waals surface area contributed by atoms with Crippen molar-refractivity contribution in [2.45, 2.75) is 13.5 Å². The molecule has 0 aliphatic heterocycles. The Kier molecular flexibility index (Phi) is 6.40. The zero-order valence-corrected chi connectivity index (χ0v) is 15.0. The smallest absolute Gasteiger partial charge is 0.188 e. The van der Waals surface area contributed by atoms with Crippen LogP contribution in [0.15, 0.2) is 48.0 Å². The van der Waals surface area contributed by atoms with Crippen LogP contribution in [-0.2, 0) is 6.61 Å². The summed E-state index contributed by atoms with van der Waals surface area (Å²) in [6.45, 7) is 2.40. The average molecular weight is 364 g/mol. The molecule has 0 unspecified atom stereocenters. The maximum Gasteiger partial charge on any atom is 0.188 e. The molecule has 0 saturated carbocycles. The molecule has 0 bridgehead atoms. The van der Waals surface area contributed by atoms with Gasteiger partial charge in [0, 0.05) is 11.6 Å². The number of aromatic nitrogens is 2. The summed E-state index contributed by atoms with van der Waals surface area (Å²) in [6.07, 6.45) is 1.72. The van der Waals surface area contributed by atoms with Gasteiger partial charge in [-0.2, -0.15) is 0 Å². The van der Waals surface area contributed by atoms with E-state index in [0.717, 1.165) is 22.1 Å². The molecule has 0 radical (unpaired) electrons. The van der Waals surface area contributed by atoms with Gasteiger partial charge in [0.15, 0.2) is 16.7 Å². The Morgan fingerprint density at radius 3 is 2.83 bits per heavy atom. The molecule has 0 aliphatic rings. The molecule has 0 aliphatic carbocycles. The maximum atomic E-state index is 5.90. The third-order valence-electron chi connectivity index (χ3n) is 3.14. The molecular weight excluding hydrogens is 346 g/mol. The van der Waals surface area contributed by atoms with E-state index in [2.05, 4.69) is 15.3 Å². The van der Waals surface area contributed by atoms with Crippen molar-refractivity contribution in [1.82, 2.24) is 9.97 Å². The van der Waals surface area contributed by atoms with Gasteiger partial charge in [-0.1, -0.05) is 12.1 Å². The molecule has 2 heterocycles. The van der Waals surface area contributed by atoms with E-state index in [1.54, 1.807) is 13.3 Å². The minimum Gasteiger partial charge on any atom is -0.497 e. The number of rotatable bonds is 6. The Hall–Kier alpha value is -2.31. The average Bonchev–Trinajstić information content (AvgIpc) is 2.99. The number of ether oxygens (including phenoxy) is 2. The minimum absolute atomic E-state index is 0. The lowest BCUT2D eigenvalue weighted by molar-refractivity contribution is 0.306. The van der Waals surface area contributed by atoms with Crippen molar-refractivity contribution in [3.8, 4) is 11.5 Å². The van der Waals surface area contributed by atoms with Crippen LogP contribution in [0.4, 0.5) is 10.9 Å². The first-order valence-corrected chi connectivity index (χ1v) is 8.02. The Labute approximate surface area is 151 Å². The standard InChI is InChI=1S/C17H17N3O2S.ClH/c1-12-11-23-17(19-12)20-16-15(7-4-8-18-16)22-10-13-5-3-6-14(9-13)21-2;/h3-9,11H,10H2,1-2H3,(H,18,19,20);1H. The number of nitrogens with zero attached hydrogens (tertiary/aromatic N) is 2. The first kappa shape index (κ1) is 18.0. The predicted molar refractivity (Wildman–Crippen MR) is 98.9 cm³/mol. The van der Waals surface area contributed by atoms with Gasteiger partial charge in [0.05, 0.1) is 12.8 Å². The molecule has 1 aromatic carbocycles. The van der Waals surface area contributed by atoms with Crippen molar-refractivity contribution in [1.29, 1.82) is 0 Å². The number of pyridine rings is 1. The summed E-state index contributed by atoms with van der Waals surface area (Å²) < 4.78 is 11.1. The molecule has 0 saturated heterocycles. The summed E-state index contributed by atoms with van der Waals surface area (Å²) in [5.41, 5.74) is 2.01. The van der Waals surface area contributed by atoms with Gasteiger partial charge < -0.3 is 14.8 Å². The van der Waals surface area contributed by atoms with Crippen molar-refractivity contribution in [3.05, 3.63) is 59.2 Å². The van der Waals surface area contributed by atoms with Crippen LogP contribution in [0.25, 0.3) is 0 Å². The van der Waals surface area contributed by atoms with Gasteiger partial charge in [0.25, 0.3) is 0 Å². The summed E-state index contributed by atoms with van der Waals surface area (Å²) in [5.74, 6) is 2.15. The van der Waals surface area contributed by atoms with E-state index in [4.69, 9.17) is 9.47 Å². The Balaban J connectivity index is 0.00000208. The molecule has 3 aromatic rings.